The van der Waals surface area contributed by atoms with Gasteiger partial charge in [0.2, 0.25) is 0 Å². The lowest BCUT2D eigenvalue weighted by molar-refractivity contribution is 0.660. The maximum absolute atomic E-state index is 2.45. The number of aromatic nitrogens is 1. The number of hydrogen-bond acceptors (Lipinski definition) is 1. The summed E-state index contributed by atoms with van der Waals surface area (Å²) in [5.74, 6) is 0. The van der Waals surface area contributed by atoms with E-state index in [0.717, 1.165) is 17.1 Å². The van der Waals surface area contributed by atoms with Gasteiger partial charge in [-0.05, 0) is 139 Å². The summed E-state index contributed by atoms with van der Waals surface area (Å²) in [6, 6.07) is 84.5. The molecular weight excluding hydrogens is 761 g/mol. The van der Waals surface area contributed by atoms with Crippen molar-refractivity contribution < 1.29 is 0 Å². The zero-order chi connectivity index (χ0) is 42.1. The molecule has 12 rings (SSSR count). The third-order valence-corrected chi connectivity index (χ3v) is 13.4. The highest BCUT2D eigenvalue weighted by Crippen LogP contribution is 2.49. The van der Waals surface area contributed by atoms with Crippen LogP contribution >= 0.6 is 0 Å². The first-order valence-electron chi connectivity index (χ1n) is 21.9. The van der Waals surface area contributed by atoms with E-state index in [1.165, 1.54) is 93.9 Å². The Balaban J connectivity index is 0.905. The molecule has 1 aliphatic rings. The minimum absolute atomic E-state index is 0.0670. The maximum atomic E-state index is 2.45. The first kappa shape index (κ1) is 36.9. The summed E-state index contributed by atoms with van der Waals surface area (Å²) in [7, 11) is 0. The van der Waals surface area contributed by atoms with Crippen molar-refractivity contribution >= 4 is 49.6 Å². The third-order valence-electron chi connectivity index (χ3n) is 13.4. The molecule has 2 heteroatoms. The Kier molecular flexibility index (Phi) is 8.55. The van der Waals surface area contributed by atoms with Crippen molar-refractivity contribution in [2.75, 3.05) is 4.90 Å². The van der Waals surface area contributed by atoms with Crippen LogP contribution in [0.15, 0.2) is 231 Å². The molecule has 0 atom stereocenters. The van der Waals surface area contributed by atoms with Crippen molar-refractivity contribution in [2.45, 2.75) is 19.3 Å². The molecule has 0 amide bonds. The van der Waals surface area contributed by atoms with E-state index in [2.05, 4.69) is 254 Å². The van der Waals surface area contributed by atoms with Gasteiger partial charge in [0, 0.05) is 38.9 Å². The van der Waals surface area contributed by atoms with Gasteiger partial charge in [0.1, 0.15) is 0 Å². The molecule has 1 aliphatic carbocycles. The Hall–Kier alpha value is -7.94. The van der Waals surface area contributed by atoms with Gasteiger partial charge in [-0.2, -0.15) is 0 Å². The highest BCUT2D eigenvalue weighted by atomic mass is 15.1. The lowest BCUT2D eigenvalue weighted by Gasteiger charge is -2.26. The van der Waals surface area contributed by atoms with Crippen molar-refractivity contribution in [2.24, 2.45) is 0 Å². The molecule has 1 heterocycles. The van der Waals surface area contributed by atoms with Crippen molar-refractivity contribution in [1.29, 1.82) is 0 Å². The molecule has 0 aliphatic heterocycles. The van der Waals surface area contributed by atoms with Gasteiger partial charge in [0.05, 0.1) is 11.0 Å². The van der Waals surface area contributed by atoms with E-state index in [9.17, 15) is 0 Å². The highest BCUT2D eigenvalue weighted by molar-refractivity contribution is 6.10. The van der Waals surface area contributed by atoms with Crippen molar-refractivity contribution in [3.05, 3.63) is 242 Å². The molecule has 0 saturated heterocycles. The monoisotopic (exact) mass is 804 g/mol. The maximum Gasteiger partial charge on any atom is 0.0541 e. The van der Waals surface area contributed by atoms with Gasteiger partial charge in [-0.25, -0.2) is 0 Å². The van der Waals surface area contributed by atoms with E-state index in [1.807, 2.05) is 0 Å². The summed E-state index contributed by atoms with van der Waals surface area (Å²) in [6.07, 6.45) is 0. The lowest BCUT2D eigenvalue weighted by Crippen LogP contribution is -2.15. The molecule has 2 nitrogen and oxygen atoms in total. The van der Waals surface area contributed by atoms with Crippen molar-refractivity contribution in [3.63, 3.8) is 0 Å². The first-order chi connectivity index (χ1) is 31.0. The smallest absolute Gasteiger partial charge is 0.0541 e. The fourth-order valence-corrected chi connectivity index (χ4v) is 10.3. The molecule has 0 bridgehead atoms. The molecule has 1 aromatic heterocycles. The predicted molar refractivity (Wildman–Crippen MR) is 267 cm³/mol. The molecule has 0 spiro atoms. The number of hydrogen-bond donors (Lipinski definition) is 0. The Labute approximate surface area is 368 Å². The summed E-state index contributed by atoms with van der Waals surface area (Å²) < 4.78 is 2.45. The molecule has 10 aromatic carbocycles. The van der Waals surface area contributed by atoms with E-state index in [0.29, 0.717) is 0 Å². The van der Waals surface area contributed by atoms with Gasteiger partial charge < -0.3 is 9.47 Å². The van der Waals surface area contributed by atoms with E-state index in [4.69, 9.17) is 0 Å². The van der Waals surface area contributed by atoms with Crippen LogP contribution in [0, 0.1) is 0 Å². The Morgan fingerprint density at radius 2 is 0.905 bits per heavy atom. The topological polar surface area (TPSA) is 8.17 Å². The summed E-state index contributed by atoms with van der Waals surface area (Å²) >= 11 is 0. The van der Waals surface area contributed by atoms with Crippen LogP contribution in [0.25, 0.3) is 82.8 Å². The average Bonchev–Trinajstić information content (AvgIpc) is 3.79. The average molecular weight is 805 g/mol. The zero-order valence-electron chi connectivity index (χ0n) is 35.3. The van der Waals surface area contributed by atoms with E-state index in [-0.39, 0.29) is 5.41 Å². The number of fused-ring (bicyclic) bond motifs is 7. The van der Waals surface area contributed by atoms with Crippen LogP contribution in [0.2, 0.25) is 0 Å². The number of rotatable bonds is 7. The molecule has 11 aromatic rings. The van der Waals surface area contributed by atoms with Gasteiger partial charge in [-0.3, -0.25) is 0 Å². The SMILES string of the molecule is CC1(C)c2ccccc2-c2ccc(-n3c4ccccc4c4cc(-c5cccc(-c6cccc(N(c7ccccc7)c7ccc(-c8cccc9ccccc89)cc7)c6)c5)ccc43)cc21. The van der Waals surface area contributed by atoms with Crippen molar-refractivity contribution in [3.8, 4) is 50.2 Å². The molecule has 0 N–H and O–H groups in total. The fourth-order valence-electron chi connectivity index (χ4n) is 10.3. The van der Waals surface area contributed by atoms with Gasteiger partial charge in [0.25, 0.3) is 0 Å². The molecule has 298 valence electrons. The highest BCUT2D eigenvalue weighted by Gasteiger charge is 2.35. The zero-order valence-corrected chi connectivity index (χ0v) is 35.3. The van der Waals surface area contributed by atoms with Gasteiger partial charge in [-0.15, -0.1) is 0 Å². The largest absolute Gasteiger partial charge is 0.310 e. The minimum atomic E-state index is -0.0670. The standard InChI is InChI=1S/C61H44N2/c1-61(2)57-27-10-8-24-53(57)54-35-34-50(40-58(54)61)63-59-28-11-9-25-55(59)56-39-46(31-36-60(56)63)44-18-12-17-43(37-44)45-19-13-22-49(38-45)62(47-20-4-3-5-21-47)48-32-29-42(30-33-48)52-26-14-16-41-15-6-7-23-51(41)52/h3-40H,1-2H3. The van der Waals surface area contributed by atoms with Crippen LogP contribution < -0.4 is 4.90 Å². The normalized spacial score (nSPS) is 12.7. The minimum Gasteiger partial charge on any atom is -0.310 e. The number of para-hydroxylation sites is 2. The molecule has 0 unspecified atom stereocenters. The van der Waals surface area contributed by atoms with Crippen LogP contribution in [0.4, 0.5) is 17.1 Å². The predicted octanol–water partition coefficient (Wildman–Crippen LogP) is 16.7. The van der Waals surface area contributed by atoms with Crippen LogP contribution in [0.1, 0.15) is 25.0 Å². The quantitative estimate of drug-likeness (QED) is 0.156. The number of anilines is 3. The molecule has 63 heavy (non-hydrogen) atoms. The van der Waals surface area contributed by atoms with Crippen molar-refractivity contribution in [1.82, 2.24) is 4.57 Å². The second-order valence-corrected chi connectivity index (χ2v) is 17.4. The van der Waals surface area contributed by atoms with E-state index in [1.54, 1.807) is 0 Å². The van der Waals surface area contributed by atoms with Crippen LogP contribution in [0.5, 0.6) is 0 Å². The third kappa shape index (κ3) is 6.09. The Morgan fingerprint density at radius 3 is 1.75 bits per heavy atom. The molecule has 0 fully saturated rings. The first-order valence-corrected chi connectivity index (χ1v) is 21.9. The van der Waals surface area contributed by atoms with Crippen LogP contribution in [0.3, 0.4) is 0 Å². The van der Waals surface area contributed by atoms with Gasteiger partial charge in [-0.1, -0.05) is 172 Å². The molecule has 0 radical (unpaired) electrons. The molecular formula is C61H44N2. The number of benzene rings is 10. The summed E-state index contributed by atoms with van der Waals surface area (Å²) in [5, 5.41) is 5.02. The Bertz CT molecular complexity index is 3530. The summed E-state index contributed by atoms with van der Waals surface area (Å²) in [6.45, 7) is 4.71. The number of nitrogens with zero attached hydrogens (tertiary/aromatic N) is 2. The summed E-state index contributed by atoms with van der Waals surface area (Å²) in [4.78, 5) is 2.35. The van der Waals surface area contributed by atoms with E-state index < -0.39 is 0 Å². The lowest BCUT2D eigenvalue weighted by atomic mass is 9.82. The summed E-state index contributed by atoms with van der Waals surface area (Å²) in [5.41, 5.74) is 19.5. The van der Waals surface area contributed by atoms with E-state index >= 15 is 0 Å². The second kappa shape index (κ2) is 14.6. The van der Waals surface area contributed by atoms with Gasteiger partial charge in [0.15, 0.2) is 0 Å². The molecule has 0 saturated carbocycles. The van der Waals surface area contributed by atoms with Crippen LogP contribution in [-0.4, -0.2) is 4.57 Å². The fraction of sp³-hybridized carbons (Fsp3) is 0.0492. The Morgan fingerprint density at radius 1 is 0.333 bits per heavy atom. The van der Waals surface area contributed by atoms with Crippen LogP contribution in [-0.2, 0) is 5.41 Å². The second-order valence-electron chi connectivity index (χ2n) is 17.4. The van der Waals surface area contributed by atoms with Gasteiger partial charge >= 0.3 is 0 Å².